The number of nitrogen functional groups attached to an aromatic ring is 1. The summed E-state index contributed by atoms with van der Waals surface area (Å²) >= 11 is 0. The van der Waals surface area contributed by atoms with Crippen LogP contribution in [-0.4, -0.2) is 11.1 Å². The number of hydrogen-bond donors (Lipinski definition) is 2. The van der Waals surface area contributed by atoms with Crippen LogP contribution in [0, 0.1) is 0 Å². The number of carbonyl (C=O) groups is 1. The van der Waals surface area contributed by atoms with Gasteiger partial charge in [-0.25, -0.2) is 0 Å². The van der Waals surface area contributed by atoms with Gasteiger partial charge in [0.25, 0.3) is 0 Å². The Hall–Kier alpha value is -1.77. The average Bonchev–Trinajstić information content (AvgIpc) is 2.08. The van der Waals surface area contributed by atoms with Crippen LogP contribution in [0.25, 0.3) is 6.08 Å². The van der Waals surface area contributed by atoms with Crippen LogP contribution in [0.1, 0.15) is 12.0 Å². The van der Waals surface area contributed by atoms with E-state index >= 15 is 0 Å². The Morgan fingerprint density at radius 1 is 1.46 bits per heavy atom. The molecule has 0 fully saturated rings. The summed E-state index contributed by atoms with van der Waals surface area (Å²) < 4.78 is 0. The number of nitrogens with two attached hydrogens (primary N) is 1. The number of para-hydroxylation sites is 1. The second-order valence-corrected chi connectivity index (χ2v) is 2.63. The van der Waals surface area contributed by atoms with Crippen molar-refractivity contribution in [2.75, 3.05) is 5.73 Å². The molecule has 1 aromatic carbocycles. The second kappa shape index (κ2) is 4.30. The monoisotopic (exact) mass is 177 g/mol. The predicted molar refractivity (Wildman–Crippen MR) is 52.1 cm³/mol. The number of aliphatic carboxylic acids is 1. The average molecular weight is 177 g/mol. The molecule has 0 aromatic heterocycles. The Morgan fingerprint density at radius 3 is 2.77 bits per heavy atom. The third-order valence-electron chi connectivity index (χ3n) is 1.59. The zero-order valence-electron chi connectivity index (χ0n) is 7.10. The van der Waals surface area contributed by atoms with E-state index in [-0.39, 0.29) is 6.42 Å². The zero-order chi connectivity index (χ0) is 9.68. The summed E-state index contributed by atoms with van der Waals surface area (Å²) in [5.41, 5.74) is 7.15. The Balaban J connectivity index is 2.68. The number of rotatable bonds is 3. The van der Waals surface area contributed by atoms with Gasteiger partial charge >= 0.3 is 5.97 Å². The molecule has 0 radical (unpaired) electrons. The van der Waals surface area contributed by atoms with Crippen molar-refractivity contribution in [3.05, 3.63) is 35.9 Å². The number of carboxylic acid groups (broad SMARTS) is 1. The van der Waals surface area contributed by atoms with Crippen LogP contribution in [0.15, 0.2) is 30.3 Å². The number of anilines is 1. The van der Waals surface area contributed by atoms with Crippen molar-refractivity contribution in [3.63, 3.8) is 0 Å². The summed E-state index contributed by atoms with van der Waals surface area (Å²) in [4.78, 5) is 10.2. The molecule has 1 aromatic rings. The largest absolute Gasteiger partial charge is 0.481 e. The number of carboxylic acids is 1. The van der Waals surface area contributed by atoms with Crippen LogP contribution >= 0.6 is 0 Å². The molecular weight excluding hydrogens is 166 g/mol. The third kappa shape index (κ3) is 2.99. The summed E-state index contributed by atoms with van der Waals surface area (Å²) in [7, 11) is 0. The molecule has 0 bridgehead atoms. The van der Waals surface area contributed by atoms with Gasteiger partial charge in [0.05, 0.1) is 6.42 Å². The van der Waals surface area contributed by atoms with Gasteiger partial charge in [-0.2, -0.15) is 0 Å². The van der Waals surface area contributed by atoms with Crippen molar-refractivity contribution in [2.45, 2.75) is 6.42 Å². The molecule has 0 aliphatic carbocycles. The molecule has 0 atom stereocenters. The van der Waals surface area contributed by atoms with Gasteiger partial charge in [-0.05, 0) is 11.6 Å². The Kier molecular flexibility index (Phi) is 3.09. The Morgan fingerprint density at radius 2 is 2.15 bits per heavy atom. The molecule has 0 saturated heterocycles. The van der Waals surface area contributed by atoms with E-state index in [1.807, 2.05) is 18.2 Å². The fraction of sp³-hybridized carbons (Fsp3) is 0.100. The maximum absolute atomic E-state index is 10.2. The van der Waals surface area contributed by atoms with Gasteiger partial charge in [0.2, 0.25) is 0 Å². The second-order valence-electron chi connectivity index (χ2n) is 2.63. The van der Waals surface area contributed by atoms with E-state index in [1.54, 1.807) is 18.2 Å². The highest BCUT2D eigenvalue weighted by molar-refractivity contribution is 5.72. The molecule has 68 valence electrons. The quantitative estimate of drug-likeness (QED) is 0.691. The summed E-state index contributed by atoms with van der Waals surface area (Å²) in [5.74, 6) is -0.842. The van der Waals surface area contributed by atoms with Crippen LogP contribution in [0.5, 0.6) is 0 Å². The molecule has 0 aliphatic rings. The lowest BCUT2D eigenvalue weighted by Crippen LogP contribution is -1.91. The topological polar surface area (TPSA) is 63.3 Å². The third-order valence-corrected chi connectivity index (χ3v) is 1.59. The van der Waals surface area contributed by atoms with Gasteiger partial charge in [-0.3, -0.25) is 4.79 Å². The molecule has 0 heterocycles. The molecule has 13 heavy (non-hydrogen) atoms. The van der Waals surface area contributed by atoms with Crippen LogP contribution in [0.4, 0.5) is 5.69 Å². The highest BCUT2D eigenvalue weighted by atomic mass is 16.4. The van der Waals surface area contributed by atoms with Crippen molar-refractivity contribution >= 4 is 17.7 Å². The summed E-state index contributed by atoms with van der Waals surface area (Å²) in [6, 6.07) is 7.31. The molecule has 0 aliphatic heterocycles. The van der Waals surface area contributed by atoms with Crippen LogP contribution in [0.2, 0.25) is 0 Å². The van der Waals surface area contributed by atoms with E-state index in [0.29, 0.717) is 5.69 Å². The van der Waals surface area contributed by atoms with Crippen molar-refractivity contribution in [2.24, 2.45) is 0 Å². The molecule has 0 amide bonds. The molecule has 3 nitrogen and oxygen atoms in total. The lowest BCUT2D eigenvalue weighted by Gasteiger charge is -1.97. The summed E-state index contributed by atoms with van der Waals surface area (Å²) in [6.45, 7) is 0. The van der Waals surface area contributed by atoms with Crippen LogP contribution < -0.4 is 5.73 Å². The molecule has 0 unspecified atom stereocenters. The summed E-state index contributed by atoms with van der Waals surface area (Å²) in [5, 5.41) is 8.38. The highest BCUT2D eigenvalue weighted by Gasteiger charge is 1.93. The molecular formula is C10H11NO2. The van der Waals surface area contributed by atoms with Gasteiger partial charge in [-0.15, -0.1) is 0 Å². The fourth-order valence-corrected chi connectivity index (χ4v) is 0.949. The normalized spacial score (nSPS) is 10.5. The van der Waals surface area contributed by atoms with Gasteiger partial charge in [-0.1, -0.05) is 30.4 Å². The Bertz CT molecular complexity index is 331. The van der Waals surface area contributed by atoms with Crippen molar-refractivity contribution in [3.8, 4) is 0 Å². The first-order chi connectivity index (χ1) is 6.20. The van der Waals surface area contributed by atoms with Crippen LogP contribution in [0.3, 0.4) is 0 Å². The maximum atomic E-state index is 10.2. The molecule has 1 rings (SSSR count). The lowest BCUT2D eigenvalue weighted by molar-refractivity contribution is -0.135. The summed E-state index contributed by atoms with van der Waals surface area (Å²) in [6.07, 6.45) is 3.31. The molecule has 0 saturated carbocycles. The highest BCUT2D eigenvalue weighted by Crippen LogP contribution is 2.12. The van der Waals surface area contributed by atoms with Gasteiger partial charge < -0.3 is 10.8 Å². The first-order valence-corrected chi connectivity index (χ1v) is 3.93. The van der Waals surface area contributed by atoms with Crippen molar-refractivity contribution in [1.29, 1.82) is 0 Å². The van der Waals surface area contributed by atoms with Crippen LogP contribution in [-0.2, 0) is 4.79 Å². The minimum Gasteiger partial charge on any atom is -0.481 e. The van der Waals surface area contributed by atoms with E-state index < -0.39 is 5.97 Å². The lowest BCUT2D eigenvalue weighted by atomic mass is 10.1. The first kappa shape index (κ1) is 9.32. The molecule has 3 N–H and O–H groups in total. The SMILES string of the molecule is Nc1ccccc1/C=C/CC(=O)O. The van der Waals surface area contributed by atoms with E-state index in [9.17, 15) is 4.79 Å². The number of benzene rings is 1. The standard InChI is InChI=1S/C10H11NO2/c11-9-6-2-1-4-8(9)5-3-7-10(12)13/h1-6H,7,11H2,(H,12,13)/b5-3+. The maximum Gasteiger partial charge on any atom is 0.307 e. The minimum absolute atomic E-state index is 0.0222. The van der Waals surface area contributed by atoms with E-state index in [0.717, 1.165) is 5.56 Å². The zero-order valence-corrected chi connectivity index (χ0v) is 7.10. The first-order valence-electron chi connectivity index (χ1n) is 3.93. The predicted octanol–water partition coefficient (Wildman–Crippen LogP) is 1.76. The smallest absolute Gasteiger partial charge is 0.307 e. The van der Waals surface area contributed by atoms with E-state index in [2.05, 4.69) is 0 Å². The number of hydrogen-bond acceptors (Lipinski definition) is 2. The van der Waals surface area contributed by atoms with Gasteiger partial charge in [0.1, 0.15) is 0 Å². The van der Waals surface area contributed by atoms with E-state index in [1.165, 1.54) is 0 Å². The molecule has 3 heteroatoms. The van der Waals surface area contributed by atoms with Crippen molar-refractivity contribution in [1.82, 2.24) is 0 Å². The fourth-order valence-electron chi connectivity index (χ4n) is 0.949. The van der Waals surface area contributed by atoms with Gasteiger partial charge in [0.15, 0.2) is 0 Å². The van der Waals surface area contributed by atoms with E-state index in [4.69, 9.17) is 10.8 Å². The van der Waals surface area contributed by atoms with Crippen molar-refractivity contribution < 1.29 is 9.90 Å². The minimum atomic E-state index is -0.842. The molecule has 0 spiro atoms. The van der Waals surface area contributed by atoms with Gasteiger partial charge in [0, 0.05) is 5.69 Å². The Labute approximate surface area is 76.5 Å².